The summed E-state index contributed by atoms with van der Waals surface area (Å²) in [4.78, 5) is 25.7. The van der Waals surface area contributed by atoms with Gasteiger partial charge in [0.25, 0.3) is 12.4 Å². The number of carbonyl (C=O) groups is 2. The maximum absolute atomic E-state index is 13.0. The number of rotatable bonds is 2. The Kier molecular flexibility index (Phi) is 4.67. The van der Waals surface area contributed by atoms with E-state index < -0.39 is 0 Å². The van der Waals surface area contributed by atoms with E-state index >= 15 is 0 Å². The smallest absolute Gasteiger partial charge is 0.290 e. The highest BCUT2D eigenvalue weighted by Crippen LogP contribution is 2.32. The van der Waals surface area contributed by atoms with E-state index in [4.69, 9.17) is 9.90 Å². The van der Waals surface area contributed by atoms with Crippen LogP contribution >= 0.6 is 11.3 Å². The van der Waals surface area contributed by atoms with Crippen LogP contribution in [-0.2, 0) is 4.79 Å². The third-order valence-electron chi connectivity index (χ3n) is 5.40. The zero-order valence-corrected chi connectivity index (χ0v) is 15.6. The van der Waals surface area contributed by atoms with Crippen LogP contribution in [-0.4, -0.2) is 69.7 Å². The SMILES string of the molecule is CN1C[C@@H]2C[C@H]1CN2C(=O)c1n[nH]c2cc(-c3ccsc3)ccc12.O=CO. The zero-order valence-electron chi connectivity index (χ0n) is 14.8. The average Bonchev–Trinajstić information content (AvgIpc) is 3.43. The van der Waals surface area contributed by atoms with Crippen molar-refractivity contribution in [3.05, 3.63) is 40.7 Å². The number of benzene rings is 1. The minimum Gasteiger partial charge on any atom is -0.483 e. The summed E-state index contributed by atoms with van der Waals surface area (Å²) in [7, 11) is 2.14. The zero-order chi connectivity index (χ0) is 19.0. The molecule has 1 aromatic carbocycles. The Hall–Kier alpha value is -2.71. The molecule has 4 heterocycles. The molecule has 3 aromatic rings. The van der Waals surface area contributed by atoms with Crippen molar-refractivity contribution in [2.24, 2.45) is 0 Å². The van der Waals surface area contributed by atoms with E-state index in [0.29, 0.717) is 17.8 Å². The molecule has 2 N–H and O–H groups in total. The minimum atomic E-state index is -0.250. The standard InChI is InChI=1S/C18H18N4OS.CH2O2/c1-21-8-14-7-13(21)9-22(14)18(23)17-15-3-2-11(6-16(15)19-20-17)12-4-5-24-10-12;2-1-3/h2-6,10,13-14H,7-9H2,1H3,(H,19,20);1H,(H,2,3)/t13-,14-;/m0./s1. The molecule has 0 spiro atoms. The Balaban J connectivity index is 0.000000565. The quantitative estimate of drug-likeness (QED) is 0.663. The molecule has 2 aliphatic heterocycles. The molecular weight excluding hydrogens is 364 g/mol. The van der Waals surface area contributed by atoms with Crippen molar-refractivity contribution in [3.63, 3.8) is 0 Å². The van der Waals surface area contributed by atoms with Crippen molar-refractivity contribution in [1.82, 2.24) is 20.0 Å². The molecule has 1 amide bonds. The number of carbonyl (C=O) groups excluding carboxylic acids is 1. The number of fused-ring (bicyclic) bond motifs is 3. The Morgan fingerprint density at radius 2 is 2.11 bits per heavy atom. The molecule has 0 radical (unpaired) electrons. The molecule has 0 aliphatic carbocycles. The van der Waals surface area contributed by atoms with Crippen molar-refractivity contribution in [1.29, 1.82) is 0 Å². The summed E-state index contributed by atoms with van der Waals surface area (Å²) < 4.78 is 0. The number of hydrogen-bond donors (Lipinski definition) is 2. The van der Waals surface area contributed by atoms with Gasteiger partial charge in [0, 0.05) is 30.6 Å². The largest absolute Gasteiger partial charge is 0.483 e. The lowest BCUT2D eigenvalue weighted by molar-refractivity contribution is -0.122. The molecular formula is C19H20N4O3S. The van der Waals surface area contributed by atoms with Crippen LogP contribution < -0.4 is 0 Å². The molecule has 2 aliphatic rings. The van der Waals surface area contributed by atoms with Gasteiger partial charge in [-0.1, -0.05) is 6.07 Å². The number of amides is 1. The molecule has 2 saturated heterocycles. The lowest BCUT2D eigenvalue weighted by atomic mass is 10.1. The second-order valence-electron chi connectivity index (χ2n) is 6.89. The molecule has 2 aromatic heterocycles. The van der Waals surface area contributed by atoms with E-state index in [2.05, 4.69) is 51.1 Å². The number of likely N-dealkylation sites (N-methyl/N-ethyl adjacent to an activating group) is 1. The highest BCUT2D eigenvalue weighted by molar-refractivity contribution is 7.08. The van der Waals surface area contributed by atoms with E-state index in [-0.39, 0.29) is 12.4 Å². The third kappa shape index (κ3) is 3.11. The second kappa shape index (κ2) is 7.13. The van der Waals surface area contributed by atoms with Crippen LogP contribution in [0, 0.1) is 0 Å². The Morgan fingerprint density at radius 3 is 2.74 bits per heavy atom. The molecule has 2 atom stereocenters. The number of likely N-dealkylation sites (tertiary alicyclic amines) is 2. The minimum absolute atomic E-state index is 0.0603. The monoisotopic (exact) mass is 384 g/mol. The van der Waals surface area contributed by atoms with Gasteiger partial charge in [-0.3, -0.25) is 19.6 Å². The van der Waals surface area contributed by atoms with Crippen LogP contribution in [0.1, 0.15) is 16.9 Å². The molecule has 0 unspecified atom stereocenters. The van der Waals surface area contributed by atoms with Gasteiger partial charge in [0.1, 0.15) is 0 Å². The first-order valence-electron chi connectivity index (χ1n) is 8.72. The van der Waals surface area contributed by atoms with Gasteiger partial charge >= 0.3 is 0 Å². The predicted octanol–water partition coefficient (Wildman–Crippen LogP) is 2.52. The van der Waals surface area contributed by atoms with Gasteiger partial charge in [-0.25, -0.2) is 0 Å². The number of thiophene rings is 1. The van der Waals surface area contributed by atoms with Crippen LogP contribution in [0.4, 0.5) is 0 Å². The average molecular weight is 384 g/mol. The molecule has 8 heteroatoms. The number of hydrogen-bond acceptors (Lipinski definition) is 5. The van der Waals surface area contributed by atoms with Crippen molar-refractivity contribution in [2.75, 3.05) is 20.1 Å². The highest BCUT2D eigenvalue weighted by atomic mass is 32.1. The summed E-state index contributed by atoms with van der Waals surface area (Å²) in [5.41, 5.74) is 3.82. The number of aromatic nitrogens is 2. The summed E-state index contributed by atoms with van der Waals surface area (Å²) in [5.74, 6) is 0.0603. The Bertz CT molecular complexity index is 967. The van der Waals surface area contributed by atoms with Gasteiger partial charge in [0.2, 0.25) is 0 Å². The number of carboxylic acid groups (broad SMARTS) is 1. The van der Waals surface area contributed by atoms with E-state index in [1.54, 1.807) is 11.3 Å². The molecule has 2 fully saturated rings. The molecule has 0 saturated carbocycles. The van der Waals surface area contributed by atoms with Gasteiger partial charge in [-0.2, -0.15) is 16.4 Å². The van der Waals surface area contributed by atoms with Crippen LogP contribution in [0.5, 0.6) is 0 Å². The summed E-state index contributed by atoms with van der Waals surface area (Å²) in [6.07, 6.45) is 1.09. The summed E-state index contributed by atoms with van der Waals surface area (Å²) in [6, 6.07) is 9.11. The van der Waals surface area contributed by atoms with E-state index in [0.717, 1.165) is 36.0 Å². The van der Waals surface area contributed by atoms with Gasteiger partial charge < -0.3 is 10.0 Å². The number of piperazine rings is 1. The second-order valence-corrected chi connectivity index (χ2v) is 7.67. The highest BCUT2D eigenvalue weighted by Gasteiger charge is 2.44. The molecule has 2 bridgehead atoms. The maximum atomic E-state index is 13.0. The fraction of sp³-hybridized carbons (Fsp3) is 0.316. The number of aromatic amines is 1. The molecule has 140 valence electrons. The van der Waals surface area contributed by atoms with E-state index in [1.165, 1.54) is 5.56 Å². The lowest BCUT2D eigenvalue weighted by Gasteiger charge is -2.31. The fourth-order valence-electron chi connectivity index (χ4n) is 4.04. The first-order chi connectivity index (χ1) is 13.1. The first-order valence-corrected chi connectivity index (χ1v) is 9.66. The maximum Gasteiger partial charge on any atom is 0.290 e. The normalized spacial score (nSPS) is 21.3. The van der Waals surface area contributed by atoms with Crippen LogP contribution in [0.15, 0.2) is 35.0 Å². The number of H-pyrrole nitrogens is 1. The van der Waals surface area contributed by atoms with Crippen LogP contribution in [0.3, 0.4) is 0 Å². The van der Waals surface area contributed by atoms with Crippen LogP contribution in [0.25, 0.3) is 22.0 Å². The first kappa shape index (κ1) is 17.7. The van der Waals surface area contributed by atoms with Gasteiger partial charge in [0.15, 0.2) is 5.69 Å². The predicted molar refractivity (Wildman–Crippen MR) is 104 cm³/mol. The van der Waals surface area contributed by atoms with Crippen molar-refractivity contribution >= 4 is 34.6 Å². The van der Waals surface area contributed by atoms with E-state index in [9.17, 15) is 4.79 Å². The van der Waals surface area contributed by atoms with Gasteiger partial charge in [0.05, 0.1) is 5.52 Å². The van der Waals surface area contributed by atoms with Crippen molar-refractivity contribution < 1.29 is 14.7 Å². The Morgan fingerprint density at radius 1 is 1.30 bits per heavy atom. The van der Waals surface area contributed by atoms with Crippen molar-refractivity contribution in [2.45, 2.75) is 18.5 Å². The third-order valence-corrected chi connectivity index (χ3v) is 6.08. The number of nitrogens with zero attached hydrogens (tertiary/aromatic N) is 3. The fourth-order valence-corrected chi connectivity index (χ4v) is 4.71. The summed E-state index contributed by atoms with van der Waals surface area (Å²) in [6.45, 7) is 1.54. The molecule has 7 nitrogen and oxygen atoms in total. The van der Waals surface area contributed by atoms with Gasteiger partial charge in [-0.15, -0.1) is 0 Å². The summed E-state index contributed by atoms with van der Waals surface area (Å²) >= 11 is 1.68. The topological polar surface area (TPSA) is 89.5 Å². The van der Waals surface area contributed by atoms with E-state index in [1.807, 2.05) is 11.0 Å². The van der Waals surface area contributed by atoms with Gasteiger partial charge in [-0.05, 0) is 53.6 Å². The van der Waals surface area contributed by atoms with Crippen molar-refractivity contribution in [3.8, 4) is 11.1 Å². The number of nitrogens with one attached hydrogen (secondary N) is 1. The molecule has 27 heavy (non-hydrogen) atoms. The summed E-state index contributed by atoms with van der Waals surface area (Å²) in [5, 5.41) is 19.4. The molecule has 5 rings (SSSR count). The van der Waals surface area contributed by atoms with Crippen LogP contribution in [0.2, 0.25) is 0 Å². The lowest BCUT2D eigenvalue weighted by Crippen LogP contribution is -2.47. The Labute approximate surface area is 160 Å².